The van der Waals surface area contributed by atoms with E-state index in [1.165, 1.54) is 0 Å². The number of aromatic nitrogens is 1. The molecule has 0 aliphatic heterocycles. The van der Waals surface area contributed by atoms with E-state index in [1.54, 1.807) is 6.20 Å². The van der Waals surface area contributed by atoms with E-state index in [-0.39, 0.29) is 26.4 Å². The molecule has 0 radical (unpaired) electrons. The Kier molecular flexibility index (Phi) is 14.3. The van der Waals surface area contributed by atoms with Crippen molar-refractivity contribution in [3.8, 4) is 11.3 Å². The van der Waals surface area contributed by atoms with Gasteiger partial charge in [-0.1, -0.05) is 39.8 Å². The summed E-state index contributed by atoms with van der Waals surface area (Å²) in [6.07, 6.45) is 1.79. The maximum absolute atomic E-state index is 4.72. The predicted octanol–water partition coefficient (Wildman–Crippen LogP) is 6.50. The van der Waals surface area contributed by atoms with Crippen molar-refractivity contribution in [3.63, 3.8) is 0 Å². The Hall–Kier alpha value is -1.10. The van der Waals surface area contributed by atoms with Gasteiger partial charge in [0.05, 0.1) is 0 Å². The molecule has 2 rings (SSSR count). The Morgan fingerprint density at radius 3 is 1.72 bits per heavy atom. The molecular formula is C24H37IrN4. The average Bonchev–Trinajstić information content (AvgIpc) is 2.62. The molecule has 162 valence electrons. The van der Waals surface area contributed by atoms with Crippen LogP contribution in [0.1, 0.15) is 55.4 Å². The molecule has 0 bridgehead atoms. The van der Waals surface area contributed by atoms with Gasteiger partial charge in [0.1, 0.15) is 0 Å². The van der Waals surface area contributed by atoms with Gasteiger partial charge in [0.2, 0.25) is 0 Å². The number of benzene rings is 1. The summed E-state index contributed by atoms with van der Waals surface area (Å²) in [6.45, 7) is 17.3. The van der Waals surface area contributed by atoms with Crippen molar-refractivity contribution in [2.75, 3.05) is 0 Å². The smallest absolute Gasteiger partial charge is 0.663 e. The van der Waals surface area contributed by atoms with Gasteiger partial charge in [-0.15, -0.1) is 48.0 Å². The van der Waals surface area contributed by atoms with Crippen molar-refractivity contribution >= 4 is 0 Å². The second-order valence-electron chi connectivity index (χ2n) is 7.96. The Morgan fingerprint density at radius 2 is 1.34 bits per heavy atom. The third-order valence-electron chi connectivity index (χ3n) is 3.97. The minimum atomic E-state index is -0.000000000000000444. The molecule has 0 spiro atoms. The summed E-state index contributed by atoms with van der Waals surface area (Å²) in [5, 5.41) is 9.44. The van der Waals surface area contributed by atoms with Crippen LogP contribution in [0.4, 0.5) is 0 Å². The van der Waals surface area contributed by atoms with Crippen LogP contribution in [-0.2, 0) is 20.1 Å². The van der Waals surface area contributed by atoms with Crippen LogP contribution in [0.15, 0.2) is 48.7 Å². The number of rotatable bonds is 8. The first-order chi connectivity index (χ1) is 13.2. The van der Waals surface area contributed by atoms with Crippen molar-refractivity contribution < 1.29 is 20.1 Å². The molecule has 0 atom stereocenters. The van der Waals surface area contributed by atoms with Gasteiger partial charge in [0.15, 0.2) is 0 Å². The molecule has 4 nitrogen and oxygen atoms in total. The Balaban J connectivity index is 0.000000537. The number of pyridine rings is 1. The Morgan fingerprint density at radius 1 is 0.793 bits per heavy atom. The van der Waals surface area contributed by atoms with Crippen LogP contribution in [0.3, 0.4) is 0 Å². The second-order valence-corrected chi connectivity index (χ2v) is 7.96. The van der Waals surface area contributed by atoms with Gasteiger partial charge < -0.3 is 20.5 Å². The minimum Gasteiger partial charge on any atom is -0.663 e. The molecule has 0 aliphatic carbocycles. The number of hydrogen-bond donors (Lipinski definition) is 0. The van der Waals surface area contributed by atoms with E-state index < -0.39 is 0 Å². The van der Waals surface area contributed by atoms with Gasteiger partial charge in [-0.3, -0.25) is 0 Å². The molecule has 0 amide bonds. The van der Waals surface area contributed by atoms with Crippen LogP contribution in [0.25, 0.3) is 21.9 Å². The molecule has 1 aromatic heterocycles. The van der Waals surface area contributed by atoms with Crippen molar-refractivity contribution in [3.05, 3.63) is 65.4 Å². The monoisotopic (exact) mass is 574 g/mol. The van der Waals surface area contributed by atoms with Crippen LogP contribution < -0.4 is 0 Å². The number of hydrogen-bond acceptors (Lipinski definition) is 2. The molecule has 1 heterocycles. The summed E-state index contributed by atoms with van der Waals surface area (Å²) in [6, 6.07) is 18.4. The predicted molar refractivity (Wildman–Crippen MR) is 121 cm³/mol. The summed E-state index contributed by atoms with van der Waals surface area (Å²) >= 11 is 0. The Bertz CT molecular complexity index is 574. The fourth-order valence-corrected chi connectivity index (χ4v) is 2.93. The fourth-order valence-electron chi connectivity index (χ4n) is 2.93. The zero-order valence-electron chi connectivity index (χ0n) is 19.1. The molecular weight excluding hydrogens is 537 g/mol. The minimum absolute atomic E-state index is 0. The third kappa shape index (κ3) is 11.0. The van der Waals surface area contributed by atoms with Crippen molar-refractivity contribution in [2.45, 2.75) is 85.8 Å². The molecule has 0 fully saturated rings. The fraction of sp³-hybridized carbons (Fsp3) is 0.542. The zero-order chi connectivity index (χ0) is 21.1. The quantitative estimate of drug-likeness (QED) is 0.339. The normalized spacial score (nSPS) is 11.2. The van der Waals surface area contributed by atoms with Crippen molar-refractivity contribution in [1.29, 1.82) is 0 Å². The molecule has 0 saturated carbocycles. The van der Waals surface area contributed by atoms with Crippen LogP contribution in [0.5, 0.6) is 0 Å². The first-order valence-electron chi connectivity index (χ1n) is 10.3. The van der Waals surface area contributed by atoms with Gasteiger partial charge in [-0.25, -0.2) is 0 Å². The van der Waals surface area contributed by atoms with E-state index in [9.17, 15) is 0 Å². The first kappa shape index (κ1) is 27.9. The maximum Gasteiger partial charge on any atom is 3.00 e. The first-order valence-corrected chi connectivity index (χ1v) is 10.3. The average molecular weight is 574 g/mol. The van der Waals surface area contributed by atoms with Crippen LogP contribution in [-0.4, -0.2) is 40.3 Å². The van der Waals surface area contributed by atoms with E-state index in [2.05, 4.69) is 71.3 Å². The molecule has 5 heteroatoms. The van der Waals surface area contributed by atoms with Gasteiger partial charge in [-0.2, -0.15) is 6.29 Å². The van der Waals surface area contributed by atoms with Crippen molar-refractivity contribution in [1.82, 2.24) is 9.88 Å². The SMILES string of the molecule is CC(C)[N-]C([N-]C(C)C)N(C(C)C)C(C)C.[Ir+3].[c-]1ccccc1-c1ccccn1. The summed E-state index contributed by atoms with van der Waals surface area (Å²) < 4.78 is 0. The molecule has 29 heavy (non-hydrogen) atoms. The van der Waals surface area contributed by atoms with Gasteiger partial charge in [0, 0.05) is 18.3 Å². The molecule has 0 aliphatic rings. The number of nitrogens with zero attached hydrogens (tertiary/aromatic N) is 4. The summed E-state index contributed by atoms with van der Waals surface area (Å²) in [5.74, 6) is 0. The van der Waals surface area contributed by atoms with Crippen molar-refractivity contribution in [2.24, 2.45) is 0 Å². The van der Waals surface area contributed by atoms with Crippen LogP contribution in [0.2, 0.25) is 0 Å². The molecule has 0 saturated heterocycles. The van der Waals surface area contributed by atoms with E-state index in [4.69, 9.17) is 10.6 Å². The van der Waals surface area contributed by atoms with E-state index in [0.29, 0.717) is 24.2 Å². The summed E-state index contributed by atoms with van der Waals surface area (Å²) in [4.78, 5) is 6.58. The maximum atomic E-state index is 4.72. The molecule has 1 aromatic carbocycles. The largest absolute Gasteiger partial charge is 3.00 e. The zero-order valence-corrected chi connectivity index (χ0v) is 21.5. The van der Waals surface area contributed by atoms with Gasteiger partial charge in [0.25, 0.3) is 0 Å². The third-order valence-corrected chi connectivity index (χ3v) is 3.97. The van der Waals surface area contributed by atoms with E-state index in [0.717, 1.165) is 11.3 Å². The summed E-state index contributed by atoms with van der Waals surface area (Å²) in [5.41, 5.74) is 2.01. The van der Waals surface area contributed by atoms with Crippen LogP contribution in [0, 0.1) is 6.07 Å². The van der Waals surface area contributed by atoms with E-state index in [1.807, 2.05) is 42.5 Å². The van der Waals surface area contributed by atoms with E-state index >= 15 is 0 Å². The molecule has 2 aromatic rings. The standard InChI is InChI=1S/C13H29N3.C11H8N.Ir/c1-9(2)14-13(15-10(3)4)16(11(5)6)12(7)8;1-2-6-10(7-3-1)11-8-4-5-9-12-11;/h9-13H,1-8H3;1-6,8-9H;/q-2;-1;+3. The van der Waals surface area contributed by atoms with Crippen LogP contribution >= 0.6 is 0 Å². The van der Waals surface area contributed by atoms with Gasteiger partial charge in [-0.05, 0) is 39.5 Å². The van der Waals surface area contributed by atoms with Gasteiger partial charge >= 0.3 is 20.1 Å². The molecule has 0 unspecified atom stereocenters. The molecule has 0 N–H and O–H groups in total. The Labute approximate surface area is 192 Å². The summed E-state index contributed by atoms with van der Waals surface area (Å²) in [7, 11) is 0. The second kappa shape index (κ2) is 14.8. The topological polar surface area (TPSA) is 44.3 Å².